The second kappa shape index (κ2) is 4.18. The first kappa shape index (κ1) is 8.33. The lowest BCUT2D eigenvalue weighted by Crippen LogP contribution is -2.40. The van der Waals surface area contributed by atoms with Gasteiger partial charge in [-0.3, -0.25) is 0 Å². The lowest BCUT2D eigenvalue weighted by molar-refractivity contribution is 0.163. The molecule has 0 saturated carbocycles. The van der Waals surface area contributed by atoms with Gasteiger partial charge in [0.25, 0.3) is 0 Å². The number of nitrogens with one attached hydrogen (secondary N) is 1. The van der Waals surface area contributed by atoms with Crippen LogP contribution in [-0.2, 0) is 4.74 Å². The van der Waals surface area contributed by atoms with E-state index in [1.54, 1.807) is 0 Å². The summed E-state index contributed by atoms with van der Waals surface area (Å²) in [5.74, 6) is 0. The Bertz CT molecular complexity index is 132. The summed E-state index contributed by atoms with van der Waals surface area (Å²) in [5, 5.41) is 6.92. The highest BCUT2D eigenvalue weighted by molar-refractivity contribution is 5.67. The molecule has 0 aliphatic carbocycles. The van der Waals surface area contributed by atoms with Gasteiger partial charge in [0, 0.05) is 19.1 Å². The van der Waals surface area contributed by atoms with Gasteiger partial charge in [-0.25, -0.2) is 10.1 Å². The molecule has 0 unspecified atom stereocenters. The van der Waals surface area contributed by atoms with Gasteiger partial charge in [-0.2, -0.15) is 0 Å². The molecule has 1 aliphatic heterocycles. The number of rotatable bonds is 1. The average molecular weight is 157 g/mol. The van der Waals surface area contributed by atoms with Crippen molar-refractivity contribution in [2.24, 2.45) is 0 Å². The number of methoxy groups -OCH3 is 1. The van der Waals surface area contributed by atoms with E-state index in [1.807, 2.05) is 0 Å². The molecular formula is C7H13N2O2. The van der Waals surface area contributed by atoms with Gasteiger partial charge >= 0.3 is 6.09 Å². The van der Waals surface area contributed by atoms with Gasteiger partial charge in [-0.1, -0.05) is 0 Å². The molecule has 1 saturated heterocycles. The molecule has 0 aromatic heterocycles. The largest absolute Gasteiger partial charge is 0.453 e. The van der Waals surface area contributed by atoms with E-state index < -0.39 is 0 Å². The van der Waals surface area contributed by atoms with Crippen LogP contribution in [0.3, 0.4) is 0 Å². The minimum Gasteiger partial charge on any atom is -0.453 e. The maximum atomic E-state index is 10.7. The number of alkyl carbamates (subject to hydrolysis) is 1. The Labute approximate surface area is 66.3 Å². The van der Waals surface area contributed by atoms with Gasteiger partial charge in [0.15, 0.2) is 0 Å². The highest BCUT2D eigenvalue weighted by Crippen LogP contribution is 2.02. The van der Waals surface area contributed by atoms with E-state index in [-0.39, 0.29) is 12.1 Å². The lowest BCUT2D eigenvalue weighted by atomic mass is 10.1. The van der Waals surface area contributed by atoms with E-state index in [0.717, 1.165) is 25.9 Å². The van der Waals surface area contributed by atoms with Crippen molar-refractivity contribution < 1.29 is 9.53 Å². The van der Waals surface area contributed by atoms with Crippen molar-refractivity contribution in [3.63, 3.8) is 0 Å². The van der Waals surface area contributed by atoms with E-state index >= 15 is 0 Å². The van der Waals surface area contributed by atoms with E-state index in [4.69, 9.17) is 0 Å². The Kier molecular flexibility index (Phi) is 3.16. The number of hydrogen-bond donors (Lipinski definition) is 1. The Balaban J connectivity index is 2.19. The highest BCUT2D eigenvalue weighted by Gasteiger charge is 2.15. The first-order valence-corrected chi connectivity index (χ1v) is 3.80. The third kappa shape index (κ3) is 2.76. The molecule has 1 radical (unpaired) electrons. The van der Waals surface area contributed by atoms with Crippen molar-refractivity contribution in [2.45, 2.75) is 18.9 Å². The third-order valence-corrected chi connectivity index (χ3v) is 1.78. The molecule has 1 amide bonds. The smallest absolute Gasteiger partial charge is 0.407 e. The first-order valence-electron chi connectivity index (χ1n) is 3.80. The summed E-state index contributed by atoms with van der Waals surface area (Å²) in [5.41, 5.74) is 0. The number of nitrogens with zero attached hydrogens (tertiary/aromatic N) is 1. The highest BCUT2D eigenvalue weighted by atomic mass is 16.5. The first-order chi connectivity index (χ1) is 5.33. The maximum absolute atomic E-state index is 10.7. The molecule has 1 N–H and O–H groups in total. The normalized spacial score (nSPS) is 19.4. The van der Waals surface area contributed by atoms with Crippen molar-refractivity contribution in [2.75, 3.05) is 20.2 Å². The Morgan fingerprint density at radius 2 is 2.18 bits per heavy atom. The fraction of sp³-hybridized carbons (Fsp3) is 0.857. The predicted octanol–water partition coefficient (Wildman–Crippen LogP) is 0.109. The van der Waals surface area contributed by atoms with Crippen molar-refractivity contribution in [3.8, 4) is 0 Å². The second-order valence-corrected chi connectivity index (χ2v) is 2.58. The average Bonchev–Trinajstić information content (AvgIpc) is 2.06. The van der Waals surface area contributed by atoms with Crippen LogP contribution in [0.4, 0.5) is 4.79 Å². The quantitative estimate of drug-likeness (QED) is 0.587. The molecular weight excluding hydrogens is 144 g/mol. The molecule has 0 atom stereocenters. The molecule has 4 heteroatoms. The van der Waals surface area contributed by atoms with Gasteiger partial charge < -0.3 is 10.1 Å². The van der Waals surface area contributed by atoms with E-state index in [0.29, 0.717) is 0 Å². The van der Waals surface area contributed by atoms with Crippen molar-refractivity contribution in [1.29, 1.82) is 0 Å². The number of carbonyl (C=O) groups excluding carboxylic acids is 1. The molecule has 0 spiro atoms. The molecule has 1 fully saturated rings. The molecule has 63 valence electrons. The van der Waals surface area contributed by atoms with Crippen LogP contribution < -0.4 is 10.6 Å². The molecule has 1 aliphatic rings. The predicted molar refractivity (Wildman–Crippen MR) is 40.4 cm³/mol. The van der Waals surface area contributed by atoms with Crippen molar-refractivity contribution in [1.82, 2.24) is 10.6 Å². The summed E-state index contributed by atoms with van der Waals surface area (Å²) >= 11 is 0. The lowest BCUT2D eigenvalue weighted by Gasteiger charge is -2.21. The Hall–Kier alpha value is -0.770. The van der Waals surface area contributed by atoms with Crippen molar-refractivity contribution >= 4 is 6.09 Å². The van der Waals surface area contributed by atoms with Crippen LogP contribution in [0.25, 0.3) is 0 Å². The topological polar surface area (TPSA) is 52.4 Å². The van der Waals surface area contributed by atoms with Crippen LogP contribution in [0, 0.1) is 0 Å². The summed E-state index contributed by atoms with van der Waals surface area (Å²) in [6.45, 7) is 1.71. The molecule has 0 bridgehead atoms. The van der Waals surface area contributed by atoms with Crippen LogP contribution in [0.5, 0.6) is 0 Å². The summed E-state index contributed by atoms with van der Waals surface area (Å²) < 4.78 is 4.47. The zero-order valence-corrected chi connectivity index (χ0v) is 6.67. The number of carbonyl (C=O) groups is 1. The van der Waals surface area contributed by atoms with Crippen LogP contribution in [-0.4, -0.2) is 32.3 Å². The minimum atomic E-state index is -0.336. The number of amides is 1. The standard InChI is InChI=1S/C7H13N2O2/c1-11-7(10)9-6-2-4-8-5-3-6/h6H,2-5H2,1H3,(H,9,10). The number of piperidine rings is 1. The zero-order chi connectivity index (χ0) is 8.10. The molecule has 0 aromatic carbocycles. The monoisotopic (exact) mass is 157 g/mol. The molecule has 11 heavy (non-hydrogen) atoms. The Morgan fingerprint density at radius 1 is 1.55 bits per heavy atom. The molecule has 0 aromatic rings. The third-order valence-electron chi connectivity index (χ3n) is 1.78. The summed E-state index contributed by atoms with van der Waals surface area (Å²) in [4.78, 5) is 10.7. The van der Waals surface area contributed by atoms with Crippen LogP contribution in [0.1, 0.15) is 12.8 Å². The summed E-state index contributed by atoms with van der Waals surface area (Å²) in [7, 11) is 1.38. The fourth-order valence-electron chi connectivity index (χ4n) is 1.12. The van der Waals surface area contributed by atoms with Gasteiger partial charge in [0.1, 0.15) is 0 Å². The second-order valence-electron chi connectivity index (χ2n) is 2.58. The molecule has 1 rings (SSSR count). The Morgan fingerprint density at radius 3 is 2.73 bits per heavy atom. The van der Waals surface area contributed by atoms with Gasteiger partial charge in [-0.15, -0.1) is 0 Å². The zero-order valence-electron chi connectivity index (χ0n) is 6.67. The maximum Gasteiger partial charge on any atom is 0.407 e. The SMILES string of the molecule is COC(=O)NC1CC[N]CC1. The van der Waals surface area contributed by atoms with Crippen molar-refractivity contribution in [3.05, 3.63) is 0 Å². The number of hydrogen-bond acceptors (Lipinski definition) is 2. The number of ether oxygens (including phenoxy) is 1. The van der Waals surface area contributed by atoms with Gasteiger partial charge in [-0.05, 0) is 12.8 Å². The van der Waals surface area contributed by atoms with E-state index in [9.17, 15) is 4.79 Å². The van der Waals surface area contributed by atoms with E-state index in [2.05, 4.69) is 15.4 Å². The van der Waals surface area contributed by atoms with Crippen LogP contribution in [0.15, 0.2) is 0 Å². The van der Waals surface area contributed by atoms with Gasteiger partial charge in [0.05, 0.1) is 7.11 Å². The van der Waals surface area contributed by atoms with Gasteiger partial charge in [0.2, 0.25) is 0 Å². The van der Waals surface area contributed by atoms with Crippen LogP contribution >= 0.6 is 0 Å². The fourth-order valence-corrected chi connectivity index (χ4v) is 1.12. The molecule has 1 heterocycles. The summed E-state index contributed by atoms with van der Waals surface area (Å²) in [6.07, 6.45) is 1.54. The summed E-state index contributed by atoms with van der Waals surface area (Å²) in [6, 6.07) is 0.264. The minimum absolute atomic E-state index is 0.264. The van der Waals surface area contributed by atoms with E-state index in [1.165, 1.54) is 7.11 Å². The molecule has 4 nitrogen and oxygen atoms in total. The van der Waals surface area contributed by atoms with Crippen LogP contribution in [0.2, 0.25) is 0 Å².